The van der Waals surface area contributed by atoms with Crippen LogP contribution in [0.15, 0.2) is 46.9 Å². The lowest BCUT2D eigenvalue weighted by Gasteiger charge is -2.11. The smallest absolute Gasteiger partial charge is 0.248 e. The highest BCUT2D eigenvalue weighted by atomic mass is 79.9. The number of carbonyl (C=O) groups is 1. The molecular formula is C15H15BrN2O2. The van der Waals surface area contributed by atoms with E-state index in [4.69, 9.17) is 10.5 Å². The number of amides is 1. The standard InChI is InChI=1S/C15H15BrN2O2/c1-18-9-11-8-12(16)4-7-14(11)20-13-5-2-10(3-6-13)15(17)19/h2-8,18H,9H2,1H3,(H2,17,19). The number of ether oxygens (including phenoxy) is 1. The van der Waals surface area contributed by atoms with Crippen LogP contribution in [-0.4, -0.2) is 13.0 Å². The molecule has 20 heavy (non-hydrogen) atoms. The molecule has 0 saturated carbocycles. The van der Waals surface area contributed by atoms with Crippen molar-refractivity contribution in [3.63, 3.8) is 0 Å². The molecule has 0 aliphatic carbocycles. The highest BCUT2D eigenvalue weighted by molar-refractivity contribution is 9.10. The number of hydrogen-bond donors (Lipinski definition) is 2. The van der Waals surface area contributed by atoms with Crippen LogP contribution in [0.2, 0.25) is 0 Å². The zero-order chi connectivity index (χ0) is 14.5. The summed E-state index contributed by atoms with van der Waals surface area (Å²) in [5.74, 6) is 0.986. The molecule has 0 aliphatic rings. The van der Waals surface area contributed by atoms with Crippen molar-refractivity contribution < 1.29 is 9.53 Å². The third kappa shape index (κ3) is 3.59. The maximum atomic E-state index is 11.0. The molecule has 0 atom stereocenters. The van der Waals surface area contributed by atoms with Crippen molar-refractivity contribution in [3.05, 3.63) is 58.1 Å². The normalized spacial score (nSPS) is 10.3. The minimum Gasteiger partial charge on any atom is -0.457 e. The van der Waals surface area contributed by atoms with E-state index in [1.165, 1.54) is 0 Å². The summed E-state index contributed by atoms with van der Waals surface area (Å²) >= 11 is 3.44. The Balaban J connectivity index is 2.22. The van der Waals surface area contributed by atoms with E-state index in [1.54, 1.807) is 24.3 Å². The van der Waals surface area contributed by atoms with Crippen molar-refractivity contribution in [1.29, 1.82) is 0 Å². The number of nitrogens with one attached hydrogen (secondary N) is 1. The maximum Gasteiger partial charge on any atom is 0.248 e. The van der Waals surface area contributed by atoms with Gasteiger partial charge in [0.25, 0.3) is 0 Å². The van der Waals surface area contributed by atoms with Crippen molar-refractivity contribution in [2.75, 3.05) is 7.05 Å². The second-order valence-corrected chi connectivity index (χ2v) is 5.19. The van der Waals surface area contributed by atoms with Crippen LogP contribution >= 0.6 is 15.9 Å². The summed E-state index contributed by atoms with van der Waals surface area (Å²) in [6, 6.07) is 12.6. The first-order valence-electron chi connectivity index (χ1n) is 6.11. The van der Waals surface area contributed by atoms with E-state index in [1.807, 2.05) is 25.2 Å². The topological polar surface area (TPSA) is 64.3 Å². The fraction of sp³-hybridized carbons (Fsp3) is 0.133. The van der Waals surface area contributed by atoms with E-state index in [-0.39, 0.29) is 0 Å². The Hall–Kier alpha value is -1.85. The zero-order valence-electron chi connectivity index (χ0n) is 11.0. The van der Waals surface area contributed by atoms with Crippen LogP contribution in [0.25, 0.3) is 0 Å². The van der Waals surface area contributed by atoms with Crippen molar-refractivity contribution in [2.24, 2.45) is 5.73 Å². The third-order valence-electron chi connectivity index (χ3n) is 2.76. The number of carbonyl (C=O) groups excluding carboxylic acids is 1. The van der Waals surface area contributed by atoms with Crippen LogP contribution < -0.4 is 15.8 Å². The van der Waals surface area contributed by atoms with Crippen molar-refractivity contribution in [2.45, 2.75) is 6.54 Å². The van der Waals surface area contributed by atoms with E-state index in [0.29, 0.717) is 17.9 Å². The minimum atomic E-state index is -0.448. The van der Waals surface area contributed by atoms with E-state index >= 15 is 0 Å². The van der Waals surface area contributed by atoms with E-state index < -0.39 is 5.91 Å². The summed E-state index contributed by atoms with van der Waals surface area (Å²) in [5, 5.41) is 3.10. The largest absolute Gasteiger partial charge is 0.457 e. The second kappa shape index (κ2) is 6.54. The molecule has 2 rings (SSSR count). The van der Waals surface area contributed by atoms with Gasteiger partial charge in [-0.25, -0.2) is 0 Å². The Morgan fingerprint density at radius 2 is 1.95 bits per heavy atom. The van der Waals surface area contributed by atoms with Gasteiger partial charge in [-0.05, 0) is 49.5 Å². The Morgan fingerprint density at radius 3 is 2.55 bits per heavy atom. The molecule has 2 aromatic carbocycles. The fourth-order valence-corrected chi connectivity index (χ4v) is 2.20. The molecule has 0 radical (unpaired) electrons. The lowest BCUT2D eigenvalue weighted by atomic mass is 10.2. The van der Waals surface area contributed by atoms with Gasteiger partial charge in [0.2, 0.25) is 5.91 Å². The highest BCUT2D eigenvalue weighted by Crippen LogP contribution is 2.28. The SMILES string of the molecule is CNCc1cc(Br)ccc1Oc1ccc(C(N)=O)cc1. The van der Waals surface area contributed by atoms with Gasteiger partial charge in [0, 0.05) is 22.1 Å². The first-order valence-corrected chi connectivity index (χ1v) is 6.90. The van der Waals surface area contributed by atoms with Gasteiger partial charge in [-0.2, -0.15) is 0 Å². The van der Waals surface area contributed by atoms with Crippen molar-refractivity contribution in [3.8, 4) is 11.5 Å². The highest BCUT2D eigenvalue weighted by Gasteiger charge is 2.06. The summed E-state index contributed by atoms with van der Waals surface area (Å²) in [6.07, 6.45) is 0. The Morgan fingerprint density at radius 1 is 1.25 bits per heavy atom. The van der Waals surface area contributed by atoms with Gasteiger partial charge in [-0.1, -0.05) is 15.9 Å². The van der Waals surface area contributed by atoms with Gasteiger partial charge in [0.05, 0.1) is 0 Å². The van der Waals surface area contributed by atoms with Gasteiger partial charge >= 0.3 is 0 Å². The molecule has 0 aromatic heterocycles. The average Bonchev–Trinajstić information content (AvgIpc) is 2.43. The molecule has 5 heteroatoms. The number of hydrogen-bond acceptors (Lipinski definition) is 3. The van der Waals surface area contributed by atoms with E-state index in [9.17, 15) is 4.79 Å². The molecule has 0 bridgehead atoms. The lowest BCUT2D eigenvalue weighted by molar-refractivity contribution is 0.100. The summed E-state index contributed by atoms with van der Waals surface area (Å²) in [5.41, 5.74) is 6.71. The van der Waals surface area contributed by atoms with Gasteiger partial charge in [0.15, 0.2) is 0 Å². The molecule has 0 saturated heterocycles. The summed E-state index contributed by atoms with van der Waals surface area (Å²) < 4.78 is 6.84. The monoisotopic (exact) mass is 334 g/mol. The van der Waals surface area contributed by atoms with Crippen molar-refractivity contribution >= 4 is 21.8 Å². The van der Waals surface area contributed by atoms with Gasteiger partial charge in [-0.15, -0.1) is 0 Å². The first kappa shape index (κ1) is 14.6. The van der Waals surface area contributed by atoms with Gasteiger partial charge in [0.1, 0.15) is 11.5 Å². The van der Waals surface area contributed by atoms with Gasteiger partial charge < -0.3 is 15.8 Å². The third-order valence-corrected chi connectivity index (χ3v) is 3.25. The molecule has 4 nitrogen and oxygen atoms in total. The Bertz CT molecular complexity index is 612. The predicted octanol–water partition coefficient (Wildman–Crippen LogP) is 3.06. The molecule has 0 spiro atoms. The van der Waals surface area contributed by atoms with Crippen LogP contribution in [0.1, 0.15) is 15.9 Å². The number of halogens is 1. The summed E-state index contributed by atoms with van der Waals surface area (Å²) in [4.78, 5) is 11.0. The van der Waals surface area contributed by atoms with Crippen LogP contribution in [0.3, 0.4) is 0 Å². The Kier molecular flexibility index (Phi) is 4.76. The Labute approximate surface area is 126 Å². The molecule has 0 aliphatic heterocycles. The maximum absolute atomic E-state index is 11.0. The number of nitrogens with two attached hydrogens (primary N) is 1. The quantitative estimate of drug-likeness (QED) is 0.883. The molecule has 1 amide bonds. The average molecular weight is 335 g/mol. The minimum absolute atomic E-state index is 0.448. The first-order chi connectivity index (χ1) is 9.60. The van der Waals surface area contributed by atoms with E-state index in [0.717, 1.165) is 15.8 Å². The number of primary amides is 1. The van der Waals surface area contributed by atoms with E-state index in [2.05, 4.69) is 21.2 Å². The zero-order valence-corrected chi connectivity index (χ0v) is 12.6. The molecule has 2 aromatic rings. The van der Waals surface area contributed by atoms with Crippen LogP contribution in [-0.2, 0) is 6.54 Å². The fourth-order valence-electron chi connectivity index (χ4n) is 1.79. The molecule has 0 unspecified atom stereocenters. The second-order valence-electron chi connectivity index (χ2n) is 4.27. The number of rotatable bonds is 5. The van der Waals surface area contributed by atoms with Crippen LogP contribution in [0, 0.1) is 0 Å². The van der Waals surface area contributed by atoms with Crippen LogP contribution in [0.5, 0.6) is 11.5 Å². The van der Waals surface area contributed by atoms with Crippen LogP contribution in [0.4, 0.5) is 0 Å². The summed E-state index contributed by atoms with van der Waals surface area (Å²) in [6.45, 7) is 0.703. The molecule has 0 fully saturated rings. The molecule has 0 heterocycles. The molecule has 3 N–H and O–H groups in total. The number of benzene rings is 2. The molecule has 104 valence electrons. The molecular weight excluding hydrogens is 320 g/mol. The summed E-state index contributed by atoms with van der Waals surface area (Å²) in [7, 11) is 1.88. The van der Waals surface area contributed by atoms with Gasteiger partial charge in [-0.3, -0.25) is 4.79 Å². The van der Waals surface area contributed by atoms with Crippen molar-refractivity contribution in [1.82, 2.24) is 5.32 Å². The lowest BCUT2D eigenvalue weighted by Crippen LogP contribution is -2.10. The predicted molar refractivity (Wildman–Crippen MR) is 81.9 cm³/mol.